The number of likely N-dealkylation sites (tertiary alicyclic amines) is 1. The molecule has 1 unspecified atom stereocenters. The van der Waals surface area contributed by atoms with Gasteiger partial charge in [0.15, 0.2) is 0 Å². The number of rotatable bonds is 1. The summed E-state index contributed by atoms with van der Waals surface area (Å²) in [4.78, 5) is 4.69. The molecule has 0 amide bonds. The van der Waals surface area contributed by atoms with E-state index in [2.05, 4.69) is 48.3 Å². The first-order chi connectivity index (χ1) is 10.2. The molecule has 0 saturated carbocycles. The monoisotopic (exact) mass is 297 g/mol. The molecule has 4 rings (SSSR count). The molecule has 0 aromatic heterocycles. The molecule has 0 aliphatic carbocycles. The lowest BCUT2D eigenvalue weighted by molar-refractivity contribution is 0.0149. The fraction of sp³-hybridized carbons (Fsp3) is 0.333. The molecule has 2 nitrogen and oxygen atoms in total. The summed E-state index contributed by atoms with van der Waals surface area (Å²) in [5, 5.41) is 11.8. The molecule has 1 saturated heterocycles. The van der Waals surface area contributed by atoms with Crippen molar-refractivity contribution in [3.8, 4) is 0 Å². The zero-order valence-corrected chi connectivity index (χ0v) is 12.9. The van der Waals surface area contributed by atoms with Crippen LogP contribution < -0.4 is 0 Å². The highest BCUT2D eigenvalue weighted by Gasteiger charge is 2.47. The maximum Gasteiger partial charge on any atom is 0.121 e. The van der Waals surface area contributed by atoms with Gasteiger partial charge >= 0.3 is 0 Å². The average molecular weight is 297 g/mol. The summed E-state index contributed by atoms with van der Waals surface area (Å²) in [6, 6.07) is 16.6. The van der Waals surface area contributed by atoms with Crippen molar-refractivity contribution in [2.24, 2.45) is 5.92 Å². The van der Waals surface area contributed by atoms with E-state index < -0.39 is 5.60 Å². The smallest absolute Gasteiger partial charge is 0.121 e. The molecule has 2 aromatic rings. The largest absolute Gasteiger partial charge is 0.380 e. The van der Waals surface area contributed by atoms with Crippen molar-refractivity contribution in [3.63, 3.8) is 0 Å². The van der Waals surface area contributed by atoms with Crippen LogP contribution >= 0.6 is 11.8 Å². The normalized spacial score (nSPS) is 23.6. The Labute approximate surface area is 129 Å². The molecule has 2 aliphatic rings. The van der Waals surface area contributed by atoms with Gasteiger partial charge in [0, 0.05) is 33.4 Å². The first kappa shape index (κ1) is 13.4. The average Bonchev–Trinajstić information content (AvgIpc) is 2.95. The van der Waals surface area contributed by atoms with Crippen LogP contribution in [-0.2, 0) is 5.60 Å². The van der Waals surface area contributed by atoms with Gasteiger partial charge in [0.05, 0.1) is 0 Å². The topological polar surface area (TPSA) is 23.5 Å². The minimum atomic E-state index is -0.858. The molecule has 1 N–H and O–H groups in total. The third kappa shape index (κ3) is 1.95. The zero-order chi connectivity index (χ0) is 14.4. The summed E-state index contributed by atoms with van der Waals surface area (Å²) < 4.78 is 0. The third-order valence-corrected chi connectivity index (χ3v) is 5.95. The van der Waals surface area contributed by atoms with E-state index in [-0.39, 0.29) is 5.92 Å². The van der Waals surface area contributed by atoms with Crippen LogP contribution in [0.3, 0.4) is 0 Å². The third-order valence-electron chi connectivity index (χ3n) is 4.80. The summed E-state index contributed by atoms with van der Waals surface area (Å²) in [6.45, 7) is 2.01. The molecule has 1 atom stereocenters. The summed E-state index contributed by atoms with van der Waals surface area (Å²) in [5.41, 5.74) is 1.30. The SMILES string of the molecule is CN1CCC(C2(O)c3ccccc3Sc3ccccc32)C1. The highest BCUT2D eigenvalue weighted by atomic mass is 32.2. The second-order valence-electron chi connectivity index (χ2n) is 6.11. The van der Waals surface area contributed by atoms with E-state index in [4.69, 9.17) is 0 Å². The van der Waals surface area contributed by atoms with E-state index in [1.807, 2.05) is 12.1 Å². The standard InChI is InChI=1S/C18H19NOS/c1-19-11-10-13(12-19)18(20)14-6-2-4-8-16(14)21-17-9-5-3-7-15(17)18/h2-9,13,20H,10-12H2,1H3. The van der Waals surface area contributed by atoms with Crippen molar-refractivity contribution in [1.29, 1.82) is 0 Å². The Bertz CT molecular complexity index is 639. The van der Waals surface area contributed by atoms with E-state index >= 15 is 0 Å². The zero-order valence-electron chi connectivity index (χ0n) is 12.1. The van der Waals surface area contributed by atoms with Crippen molar-refractivity contribution < 1.29 is 5.11 Å². The van der Waals surface area contributed by atoms with Crippen LogP contribution in [0.2, 0.25) is 0 Å². The first-order valence-electron chi connectivity index (χ1n) is 7.47. The molecule has 0 spiro atoms. The van der Waals surface area contributed by atoms with Crippen LogP contribution in [0.15, 0.2) is 58.3 Å². The van der Waals surface area contributed by atoms with E-state index in [1.54, 1.807) is 11.8 Å². The highest BCUT2D eigenvalue weighted by Crippen LogP contribution is 2.52. The van der Waals surface area contributed by atoms with Crippen LogP contribution in [0.1, 0.15) is 17.5 Å². The number of aliphatic hydroxyl groups is 1. The minimum Gasteiger partial charge on any atom is -0.380 e. The summed E-state index contributed by atoms with van der Waals surface area (Å²) in [5.74, 6) is 0.255. The molecule has 3 heteroatoms. The highest BCUT2D eigenvalue weighted by molar-refractivity contribution is 7.99. The molecular weight excluding hydrogens is 278 g/mol. The summed E-state index contributed by atoms with van der Waals surface area (Å²) in [6.07, 6.45) is 1.04. The van der Waals surface area contributed by atoms with Crippen molar-refractivity contribution in [3.05, 3.63) is 59.7 Å². The lowest BCUT2D eigenvalue weighted by Crippen LogP contribution is -2.40. The second kappa shape index (κ2) is 4.87. The molecule has 21 heavy (non-hydrogen) atoms. The van der Waals surface area contributed by atoms with Gasteiger partial charge in [-0.05, 0) is 32.1 Å². The quantitative estimate of drug-likeness (QED) is 0.873. The van der Waals surface area contributed by atoms with Gasteiger partial charge in [0.25, 0.3) is 0 Å². The van der Waals surface area contributed by atoms with Crippen molar-refractivity contribution in [2.45, 2.75) is 21.8 Å². The van der Waals surface area contributed by atoms with Gasteiger partial charge in [-0.15, -0.1) is 0 Å². The Morgan fingerprint density at radius 1 is 1.05 bits per heavy atom. The molecule has 1 fully saturated rings. The molecule has 0 bridgehead atoms. The van der Waals surface area contributed by atoms with Crippen LogP contribution in [0.25, 0.3) is 0 Å². The number of benzene rings is 2. The lowest BCUT2D eigenvalue weighted by Gasteiger charge is -2.40. The van der Waals surface area contributed by atoms with Gasteiger partial charge in [-0.1, -0.05) is 48.2 Å². The summed E-state index contributed by atoms with van der Waals surface area (Å²) >= 11 is 1.77. The van der Waals surface area contributed by atoms with Crippen LogP contribution in [0, 0.1) is 5.92 Å². The number of fused-ring (bicyclic) bond motifs is 2. The Morgan fingerprint density at radius 3 is 2.14 bits per heavy atom. The molecule has 2 aliphatic heterocycles. The van der Waals surface area contributed by atoms with Crippen LogP contribution in [0.5, 0.6) is 0 Å². The molecule has 2 aromatic carbocycles. The number of hydrogen-bond acceptors (Lipinski definition) is 3. The van der Waals surface area contributed by atoms with E-state index in [0.29, 0.717) is 0 Å². The van der Waals surface area contributed by atoms with Crippen molar-refractivity contribution in [1.82, 2.24) is 4.90 Å². The Balaban J connectivity index is 1.93. The maximum absolute atomic E-state index is 11.8. The van der Waals surface area contributed by atoms with Gasteiger partial charge in [-0.2, -0.15) is 0 Å². The minimum absolute atomic E-state index is 0.255. The molecular formula is C18H19NOS. The fourth-order valence-corrected chi connectivity index (χ4v) is 4.92. The van der Waals surface area contributed by atoms with E-state index in [1.165, 1.54) is 9.79 Å². The van der Waals surface area contributed by atoms with Gasteiger partial charge in [0.2, 0.25) is 0 Å². The van der Waals surface area contributed by atoms with Crippen LogP contribution in [-0.4, -0.2) is 30.1 Å². The van der Waals surface area contributed by atoms with Gasteiger partial charge in [-0.3, -0.25) is 0 Å². The van der Waals surface area contributed by atoms with Gasteiger partial charge in [-0.25, -0.2) is 0 Å². The Morgan fingerprint density at radius 2 is 1.62 bits per heavy atom. The number of hydrogen-bond donors (Lipinski definition) is 1. The van der Waals surface area contributed by atoms with Gasteiger partial charge in [0.1, 0.15) is 5.60 Å². The number of nitrogens with zero attached hydrogens (tertiary/aromatic N) is 1. The predicted octanol–water partition coefficient (Wildman–Crippen LogP) is 3.34. The van der Waals surface area contributed by atoms with Gasteiger partial charge < -0.3 is 10.0 Å². The second-order valence-corrected chi connectivity index (χ2v) is 7.19. The molecule has 108 valence electrons. The van der Waals surface area contributed by atoms with Crippen molar-refractivity contribution in [2.75, 3.05) is 20.1 Å². The predicted molar refractivity (Wildman–Crippen MR) is 85.6 cm³/mol. The fourth-order valence-electron chi connectivity index (χ4n) is 3.72. The van der Waals surface area contributed by atoms with E-state index in [9.17, 15) is 5.11 Å². The van der Waals surface area contributed by atoms with Crippen LogP contribution in [0.4, 0.5) is 0 Å². The summed E-state index contributed by atoms with van der Waals surface area (Å²) in [7, 11) is 2.14. The molecule has 2 heterocycles. The van der Waals surface area contributed by atoms with Crippen molar-refractivity contribution >= 4 is 11.8 Å². The Kier molecular flexibility index (Phi) is 3.10. The first-order valence-corrected chi connectivity index (χ1v) is 8.29. The van der Waals surface area contributed by atoms with E-state index in [0.717, 1.165) is 30.6 Å². The molecule has 0 radical (unpaired) electrons. The lowest BCUT2D eigenvalue weighted by atomic mass is 9.75. The Hall–Kier alpha value is -1.29. The maximum atomic E-state index is 11.8.